The van der Waals surface area contributed by atoms with E-state index in [-0.39, 0.29) is 12.3 Å². The van der Waals surface area contributed by atoms with Crippen LogP contribution in [0.15, 0.2) is 28.6 Å². The summed E-state index contributed by atoms with van der Waals surface area (Å²) < 4.78 is 11.3. The van der Waals surface area contributed by atoms with Crippen LogP contribution < -0.4 is 0 Å². The first-order valence-electron chi connectivity index (χ1n) is 13.3. The van der Waals surface area contributed by atoms with Crippen molar-refractivity contribution in [1.29, 1.82) is 5.26 Å². The van der Waals surface area contributed by atoms with Crippen molar-refractivity contribution < 1.29 is 14.6 Å². The van der Waals surface area contributed by atoms with E-state index >= 15 is 0 Å². The van der Waals surface area contributed by atoms with E-state index in [2.05, 4.69) is 18.6 Å². The lowest BCUT2D eigenvalue weighted by Crippen LogP contribution is -2.23. The van der Waals surface area contributed by atoms with Gasteiger partial charge in [-0.3, -0.25) is 4.99 Å². The molecule has 0 aliphatic rings. The summed E-state index contributed by atoms with van der Waals surface area (Å²) in [5, 5.41) is 18.3. The second kappa shape index (κ2) is 25.0. The Labute approximate surface area is 204 Å². The zero-order chi connectivity index (χ0) is 24.4. The fourth-order valence-corrected chi connectivity index (χ4v) is 3.71. The van der Waals surface area contributed by atoms with Crippen LogP contribution >= 0.6 is 0 Å². The van der Waals surface area contributed by atoms with Crippen LogP contribution in [-0.2, 0) is 9.47 Å². The molecule has 5 heteroatoms. The van der Waals surface area contributed by atoms with Crippen LogP contribution in [0.5, 0.6) is 0 Å². The molecular formula is C28H50N2O3. The Bertz CT molecular complexity index is 552. The monoisotopic (exact) mass is 462 g/mol. The molecule has 0 heterocycles. The predicted octanol–water partition coefficient (Wildman–Crippen LogP) is 7.65. The minimum Gasteiger partial charge on any atom is -0.490 e. The molecule has 0 aromatic rings. The molecule has 0 aromatic carbocycles. The van der Waals surface area contributed by atoms with Crippen LogP contribution in [0.3, 0.4) is 0 Å². The maximum Gasteiger partial charge on any atom is 0.144 e. The maximum atomic E-state index is 9.46. The second-order valence-electron chi connectivity index (χ2n) is 8.90. The normalized spacial score (nSPS) is 13.0. The first-order valence-corrected chi connectivity index (χ1v) is 13.3. The van der Waals surface area contributed by atoms with Crippen LogP contribution in [0, 0.1) is 11.3 Å². The molecule has 190 valence electrons. The Morgan fingerprint density at radius 3 is 1.79 bits per heavy atom. The molecule has 0 saturated heterocycles. The van der Waals surface area contributed by atoms with Gasteiger partial charge in [-0.05, 0) is 32.2 Å². The Balaban J connectivity index is 3.50. The Hall–Kier alpha value is -1.64. The number of rotatable bonds is 24. The third-order valence-electron chi connectivity index (χ3n) is 5.76. The van der Waals surface area contributed by atoms with Gasteiger partial charge in [-0.1, -0.05) is 103 Å². The van der Waals surface area contributed by atoms with Gasteiger partial charge in [0.15, 0.2) is 0 Å². The highest BCUT2D eigenvalue weighted by molar-refractivity contribution is 5.36. The molecule has 0 aliphatic carbocycles. The van der Waals surface area contributed by atoms with Gasteiger partial charge in [0.2, 0.25) is 0 Å². The number of aliphatic imine (C=N–C) groups is 1. The third kappa shape index (κ3) is 21.9. The number of aliphatic hydroxyl groups is 1. The standard InChI is InChI=1S/C28H50N2O3/c1-4-5-6-7-8-9-10-11-12-13-14-15-16-17-18-19-22-32-25-28(24-31)33-26(2)20-21-27(23-29)30-3/h20-21,28,31H,3-19,22,24-25H2,1-2H3/b26-20+,27-21-/t28-/m0/s1. The van der Waals surface area contributed by atoms with Crippen molar-refractivity contribution in [3.8, 4) is 6.07 Å². The predicted molar refractivity (Wildman–Crippen MR) is 139 cm³/mol. The molecule has 1 atom stereocenters. The number of ether oxygens (including phenoxy) is 2. The van der Waals surface area contributed by atoms with E-state index in [4.69, 9.17) is 14.7 Å². The van der Waals surface area contributed by atoms with Crippen LogP contribution in [0.4, 0.5) is 0 Å². The van der Waals surface area contributed by atoms with Gasteiger partial charge in [0.1, 0.15) is 17.9 Å². The summed E-state index contributed by atoms with van der Waals surface area (Å²) in [5.41, 5.74) is 0.221. The number of hydrogen-bond donors (Lipinski definition) is 1. The number of nitrogens with zero attached hydrogens (tertiary/aromatic N) is 2. The van der Waals surface area contributed by atoms with Crippen molar-refractivity contribution in [2.45, 2.75) is 123 Å². The molecule has 5 nitrogen and oxygen atoms in total. The van der Waals surface area contributed by atoms with E-state index in [1.54, 1.807) is 13.0 Å². The first-order chi connectivity index (χ1) is 16.2. The number of aliphatic hydroxyl groups excluding tert-OH is 1. The summed E-state index contributed by atoms with van der Waals surface area (Å²) in [4.78, 5) is 3.58. The summed E-state index contributed by atoms with van der Waals surface area (Å²) in [6.07, 6.45) is 24.5. The van der Waals surface area contributed by atoms with E-state index in [1.807, 2.05) is 6.07 Å². The van der Waals surface area contributed by atoms with E-state index in [0.717, 1.165) is 6.42 Å². The molecule has 0 spiro atoms. The lowest BCUT2D eigenvalue weighted by molar-refractivity contribution is -0.0135. The fraction of sp³-hybridized carbons (Fsp3) is 0.786. The quantitative estimate of drug-likeness (QED) is 0.0525. The summed E-state index contributed by atoms with van der Waals surface area (Å²) in [6.45, 7) is 8.31. The van der Waals surface area contributed by atoms with Crippen molar-refractivity contribution in [1.82, 2.24) is 0 Å². The average Bonchev–Trinajstić information content (AvgIpc) is 2.83. The zero-order valence-corrected chi connectivity index (χ0v) is 21.5. The number of unbranched alkanes of at least 4 members (excludes halogenated alkanes) is 15. The van der Waals surface area contributed by atoms with E-state index in [9.17, 15) is 5.11 Å². The molecule has 0 amide bonds. The molecule has 0 rings (SSSR count). The Morgan fingerprint density at radius 1 is 0.879 bits per heavy atom. The SMILES string of the molecule is C=N/C(C#N)=C\C=C(/C)O[C@@H](CO)COCCCCCCCCCCCCCCCCCC. The molecule has 0 unspecified atom stereocenters. The number of hydrogen-bond acceptors (Lipinski definition) is 5. The minimum atomic E-state index is -0.405. The fourth-order valence-electron chi connectivity index (χ4n) is 3.71. The molecular weight excluding hydrogens is 412 g/mol. The van der Waals surface area contributed by atoms with E-state index in [0.29, 0.717) is 19.0 Å². The smallest absolute Gasteiger partial charge is 0.144 e. The van der Waals surface area contributed by atoms with Crippen LogP contribution in [0.2, 0.25) is 0 Å². The van der Waals surface area contributed by atoms with Crippen molar-refractivity contribution >= 4 is 6.72 Å². The van der Waals surface area contributed by atoms with Crippen molar-refractivity contribution in [3.63, 3.8) is 0 Å². The Morgan fingerprint density at radius 2 is 1.36 bits per heavy atom. The van der Waals surface area contributed by atoms with Crippen LogP contribution in [0.1, 0.15) is 117 Å². The number of nitriles is 1. The molecule has 0 saturated carbocycles. The average molecular weight is 463 g/mol. The van der Waals surface area contributed by atoms with Crippen molar-refractivity contribution in [2.75, 3.05) is 19.8 Å². The molecule has 0 aliphatic heterocycles. The molecule has 0 fully saturated rings. The number of allylic oxidation sites excluding steroid dienone is 4. The summed E-state index contributed by atoms with van der Waals surface area (Å²) in [6, 6.07) is 1.92. The van der Waals surface area contributed by atoms with Crippen LogP contribution in [0.25, 0.3) is 0 Å². The molecule has 0 radical (unpaired) electrons. The summed E-state index contributed by atoms with van der Waals surface area (Å²) in [7, 11) is 0. The van der Waals surface area contributed by atoms with Gasteiger partial charge in [-0.15, -0.1) is 0 Å². The summed E-state index contributed by atoms with van der Waals surface area (Å²) in [5.74, 6) is 0.594. The van der Waals surface area contributed by atoms with Gasteiger partial charge in [0.25, 0.3) is 0 Å². The highest BCUT2D eigenvalue weighted by Gasteiger charge is 2.09. The molecule has 1 N–H and O–H groups in total. The van der Waals surface area contributed by atoms with E-state index < -0.39 is 6.10 Å². The summed E-state index contributed by atoms with van der Waals surface area (Å²) >= 11 is 0. The largest absolute Gasteiger partial charge is 0.490 e. The molecule has 0 bridgehead atoms. The highest BCUT2D eigenvalue weighted by Crippen LogP contribution is 2.14. The second-order valence-corrected chi connectivity index (χ2v) is 8.90. The zero-order valence-electron chi connectivity index (χ0n) is 21.5. The molecule has 0 aromatic heterocycles. The third-order valence-corrected chi connectivity index (χ3v) is 5.76. The molecule has 33 heavy (non-hydrogen) atoms. The van der Waals surface area contributed by atoms with Crippen molar-refractivity contribution in [2.24, 2.45) is 4.99 Å². The van der Waals surface area contributed by atoms with Gasteiger partial charge >= 0.3 is 0 Å². The van der Waals surface area contributed by atoms with Gasteiger partial charge in [-0.25, -0.2) is 0 Å². The van der Waals surface area contributed by atoms with E-state index in [1.165, 1.54) is 102 Å². The van der Waals surface area contributed by atoms with Crippen LogP contribution in [-0.4, -0.2) is 37.7 Å². The van der Waals surface area contributed by atoms with Gasteiger partial charge < -0.3 is 14.6 Å². The first kappa shape index (κ1) is 31.4. The van der Waals surface area contributed by atoms with Crippen molar-refractivity contribution in [3.05, 3.63) is 23.6 Å². The lowest BCUT2D eigenvalue weighted by Gasteiger charge is -2.17. The van der Waals surface area contributed by atoms with Gasteiger partial charge in [0.05, 0.1) is 19.0 Å². The minimum absolute atomic E-state index is 0.112. The maximum absolute atomic E-state index is 9.46. The van der Waals surface area contributed by atoms with Gasteiger partial charge in [0, 0.05) is 6.61 Å². The Kier molecular flexibility index (Phi) is 23.7. The van der Waals surface area contributed by atoms with Gasteiger partial charge in [-0.2, -0.15) is 5.26 Å². The topological polar surface area (TPSA) is 74.8 Å². The lowest BCUT2D eigenvalue weighted by atomic mass is 10.0. The highest BCUT2D eigenvalue weighted by atomic mass is 16.5.